The molecule has 0 saturated heterocycles. The maximum Gasteiger partial charge on any atom is 0.472 e. The average Bonchev–Trinajstić information content (AvgIpc) is 3.09. The van der Waals surface area contributed by atoms with Crippen molar-refractivity contribution in [2.24, 2.45) is 5.73 Å². The third kappa shape index (κ3) is 37.8. The minimum absolute atomic E-state index is 0.0971. The van der Waals surface area contributed by atoms with Crippen molar-refractivity contribution in [2.75, 3.05) is 33.0 Å². The molecule has 0 amide bonds. The molecule has 0 heterocycles. The second kappa shape index (κ2) is 38.0. The van der Waals surface area contributed by atoms with Gasteiger partial charge in [-0.25, -0.2) is 4.57 Å². The first-order chi connectivity index (χ1) is 23.9. The lowest BCUT2D eigenvalue weighted by Gasteiger charge is -2.20. The molecular weight excluding hydrogens is 637 g/mol. The molecular formula is C40H76NO7P. The van der Waals surface area contributed by atoms with Crippen LogP contribution in [0.2, 0.25) is 0 Å². The maximum atomic E-state index is 12.5. The van der Waals surface area contributed by atoms with Gasteiger partial charge in [-0.1, -0.05) is 153 Å². The molecule has 0 aliphatic heterocycles. The Labute approximate surface area is 301 Å². The number of carbonyl (C=O) groups excluding carboxylic acids is 1. The Kier molecular flexibility index (Phi) is 37.0. The first kappa shape index (κ1) is 47.7. The summed E-state index contributed by atoms with van der Waals surface area (Å²) in [6.45, 7) is 4.86. The van der Waals surface area contributed by atoms with E-state index in [1.165, 1.54) is 103 Å². The summed E-state index contributed by atoms with van der Waals surface area (Å²) in [7, 11) is -4.27. The lowest BCUT2D eigenvalue weighted by Crippen LogP contribution is -2.28. The highest BCUT2D eigenvalue weighted by molar-refractivity contribution is 7.47. The van der Waals surface area contributed by atoms with E-state index >= 15 is 0 Å². The highest BCUT2D eigenvalue weighted by Gasteiger charge is 2.25. The summed E-state index contributed by atoms with van der Waals surface area (Å²) >= 11 is 0. The minimum atomic E-state index is -4.27. The van der Waals surface area contributed by atoms with Crippen molar-refractivity contribution in [2.45, 2.75) is 180 Å². The molecule has 0 fully saturated rings. The van der Waals surface area contributed by atoms with Crippen LogP contribution in [0.1, 0.15) is 174 Å². The zero-order chi connectivity index (χ0) is 35.9. The summed E-state index contributed by atoms with van der Waals surface area (Å²) in [5.74, 6) is -0.337. The highest BCUT2D eigenvalue weighted by atomic mass is 31.2. The normalized spacial score (nSPS) is 14.0. The molecule has 0 spiro atoms. The number of hydrogen-bond donors (Lipinski definition) is 2. The SMILES string of the molecule is CCCCC/C=C\C/C=C\C/C=C\CCCCCCCCCOCC(COP(=O)(O)OCCN)OC(=O)CCCCCCCCCCCC. The van der Waals surface area contributed by atoms with E-state index in [9.17, 15) is 14.3 Å². The van der Waals surface area contributed by atoms with Gasteiger partial charge in [-0.2, -0.15) is 0 Å². The van der Waals surface area contributed by atoms with Crippen molar-refractivity contribution >= 4 is 13.8 Å². The van der Waals surface area contributed by atoms with Crippen molar-refractivity contribution in [1.82, 2.24) is 0 Å². The lowest BCUT2D eigenvalue weighted by atomic mass is 10.1. The summed E-state index contributed by atoms with van der Waals surface area (Å²) in [6.07, 6.45) is 41.6. The number of phosphoric ester groups is 1. The predicted molar refractivity (Wildman–Crippen MR) is 206 cm³/mol. The topological polar surface area (TPSA) is 117 Å². The molecule has 9 heteroatoms. The first-order valence-electron chi connectivity index (χ1n) is 20.0. The Morgan fingerprint density at radius 3 is 1.65 bits per heavy atom. The number of allylic oxidation sites excluding steroid dienone is 6. The summed E-state index contributed by atoms with van der Waals surface area (Å²) in [5.41, 5.74) is 5.35. The first-order valence-corrected chi connectivity index (χ1v) is 21.5. The molecule has 2 unspecified atom stereocenters. The molecule has 2 atom stereocenters. The summed E-state index contributed by atoms with van der Waals surface area (Å²) in [6, 6.07) is 0. The van der Waals surface area contributed by atoms with Crippen LogP contribution in [0.5, 0.6) is 0 Å². The maximum absolute atomic E-state index is 12.5. The van der Waals surface area contributed by atoms with Gasteiger partial charge in [-0.15, -0.1) is 0 Å². The van der Waals surface area contributed by atoms with E-state index in [2.05, 4.69) is 50.3 Å². The van der Waals surface area contributed by atoms with E-state index in [0.717, 1.165) is 51.4 Å². The molecule has 0 aliphatic rings. The van der Waals surface area contributed by atoms with Gasteiger partial charge in [-0.05, 0) is 51.4 Å². The summed E-state index contributed by atoms with van der Waals surface area (Å²) in [5, 5.41) is 0. The molecule has 0 bridgehead atoms. The van der Waals surface area contributed by atoms with Crippen molar-refractivity contribution in [3.63, 3.8) is 0 Å². The lowest BCUT2D eigenvalue weighted by molar-refractivity contribution is -0.154. The van der Waals surface area contributed by atoms with E-state index in [1.807, 2.05) is 0 Å². The Morgan fingerprint density at radius 2 is 1.08 bits per heavy atom. The van der Waals surface area contributed by atoms with Crippen LogP contribution < -0.4 is 5.73 Å². The van der Waals surface area contributed by atoms with Gasteiger partial charge in [-0.3, -0.25) is 13.8 Å². The number of phosphoric acid groups is 1. The quantitative estimate of drug-likeness (QED) is 0.0281. The fourth-order valence-corrected chi connectivity index (χ4v) is 6.12. The third-order valence-corrected chi connectivity index (χ3v) is 9.29. The van der Waals surface area contributed by atoms with Crippen molar-refractivity contribution in [3.05, 3.63) is 36.5 Å². The van der Waals surface area contributed by atoms with Crippen LogP contribution >= 0.6 is 7.82 Å². The number of unbranched alkanes of at least 4 members (excludes halogenated alkanes) is 19. The zero-order valence-corrected chi connectivity index (χ0v) is 32.6. The van der Waals surface area contributed by atoms with Gasteiger partial charge in [0.1, 0.15) is 6.10 Å². The van der Waals surface area contributed by atoms with Gasteiger partial charge in [0.15, 0.2) is 0 Å². The number of nitrogens with two attached hydrogens (primary N) is 1. The van der Waals surface area contributed by atoms with E-state index in [0.29, 0.717) is 13.0 Å². The van der Waals surface area contributed by atoms with Gasteiger partial charge in [0.05, 0.1) is 19.8 Å². The number of carbonyl (C=O) groups is 1. The Balaban J connectivity index is 4.03. The molecule has 288 valence electrons. The van der Waals surface area contributed by atoms with E-state index in [4.69, 9.17) is 24.3 Å². The summed E-state index contributed by atoms with van der Waals surface area (Å²) in [4.78, 5) is 22.3. The predicted octanol–water partition coefficient (Wildman–Crippen LogP) is 11.5. The molecule has 0 saturated carbocycles. The van der Waals surface area contributed by atoms with Crippen LogP contribution in [0.4, 0.5) is 0 Å². The number of ether oxygens (including phenoxy) is 2. The Hall–Kier alpha value is -1.28. The van der Waals surface area contributed by atoms with Gasteiger partial charge in [0, 0.05) is 19.6 Å². The molecule has 0 aromatic rings. The highest BCUT2D eigenvalue weighted by Crippen LogP contribution is 2.43. The van der Waals surface area contributed by atoms with Crippen molar-refractivity contribution in [3.8, 4) is 0 Å². The molecule has 0 aromatic heterocycles. The van der Waals surface area contributed by atoms with Gasteiger partial charge >= 0.3 is 13.8 Å². The standard InChI is InChI=1S/C40H76NO7P/c1-3-5-7-9-11-13-15-16-17-18-19-20-21-22-23-24-26-28-30-32-35-45-37-39(38-47-49(43,44)46-36-34-41)48-40(42)33-31-29-27-25-14-12-10-8-6-4-2/h11,13,16-17,19-20,39H,3-10,12,14-15,18,21-38,41H2,1-2H3,(H,43,44)/b13-11-,17-16-,20-19-. The molecule has 49 heavy (non-hydrogen) atoms. The van der Waals surface area contributed by atoms with Crippen LogP contribution in [-0.2, 0) is 27.9 Å². The van der Waals surface area contributed by atoms with E-state index in [-0.39, 0.29) is 32.3 Å². The largest absolute Gasteiger partial charge is 0.472 e. The second-order valence-electron chi connectivity index (χ2n) is 13.1. The monoisotopic (exact) mass is 714 g/mol. The second-order valence-corrected chi connectivity index (χ2v) is 14.6. The molecule has 0 aromatic carbocycles. The third-order valence-electron chi connectivity index (χ3n) is 8.31. The van der Waals surface area contributed by atoms with Crippen LogP contribution in [-0.4, -0.2) is 49.9 Å². The number of rotatable bonds is 38. The fourth-order valence-electron chi connectivity index (χ4n) is 5.36. The Morgan fingerprint density at radius 1 is 0.612 bits per heavy atom. The zero-order valence-electron chi connectivity index (χ0n) is 31.7. The van der Waals surface area contributed by atoms with Crippen molar-refractivity contribution < 1.29 is 32.8 Å². The summed E-state index contributed by atoms with van der Waals surface area (Å²) < 4.78 is 33.3. The van der Waals surface area contributed by atoms with Crippen LogP contribution in [0.25, 0.3) is 0 Å². The van der Waals surface area contributed by atoms with Crippen LogP contribution in [0.3, 0.4) is 0 Å². The van der Waals surface area contributed by atoms with Crippen molar-refractivity contribution in [1.29, 1.82) is 0 Å². The minimum Gasteiger partial charge on any atom is -0.457 e. The Bertz CT molecular complexity index is 848. The molecule has 0 aliphatic carbocycles. The number of esters is 1. The van der Waals surface area contributed by atoms with E-state index < -0.39 is 13.9 Å². The van der Waals surface area contributed by atoms with E-state index in [1.54, 1.807) is 0 Å². The van der Waals surface area contributed by atoms with Gasteiger partial charge < -0.3 is 20.1 Å². The molecule has 3 N–H and O–H groups in total. The molecule has 8 nitrogen and oxygen atoms in total. The van der Waals surface area contributed by atoms with Crippen LogP contribution in [0, 0.1) is 0 Å². The molecule has 0 rings (SSSR count). The fraction of sp³-hybridized carbons (Fsp3) is 0.825. The smallest absolute Gasteiger partial charge is 0.457 e. The van der Waals surface area contributed by atoms with Gasteiger partial charge in [0.2, 0.25) is 0 Å². The van der Waals surface area contributed by atoms with Crippen LogP contribution in [0.15, 0.2) is 36.5 Å². The average molecular weight is 714 g/mol. The van der Waals surface area contributed by atoms with Gasteiger partial charge in [0.25, 0.3) is 0 Å². The molecule has 0 radical (unpaired) electrons. The number of hydrogen-bond acceptors (Lipinski definition) is 7.